The van der Waals surface area contributed by atoms with Gasteiger partial charge < -0.3 is 19.7 Å². The molecule has 11 heteroatoms. The predicted molar refractivity (Wildman–Crippen MR) is 121 cm³/mol. The van der Waals surface area contributed by atoms with Crippen molar-refractivity contribution in [2.24, 2.45) is 0 Å². The van der Waals surface area contributed by atoms with Crippen molar-refractivity contribution in [3.63, 3.8) is 0 Å². The van der Waals surface area contributed by atoms with Crippen LogP contribution in [0.15, 0.2) is 41.3 Å². The lowest BCUT2D eigenvalue weighted by atomic mass is 9.84. The normalized spacial score (nSPS) is 16.9. The highest BCUT2D eigenvalue weighted by Gasteiger charge is 2.33. The van der Waals surface area contributed by atoms with Crippen molar-refractivity contribution >= 4 is 16.1 Å². The van der Waals surface area contributed by atoms with Gasteiger partial charge in [0.2, 0.25) is 10.0 Å². The van der Waals surface area contributed by atoms with Gasteiger partial charge in [-0.05, 0) is 35.9 Å². The summed E-state index contributed by atoms with van der Waals surface area (Å²) in [6.45, 7) is 5.57. The molecule has 0 atom stereocenters. The van der Waals surface area contributed by atoms with E-state index < -0.39 is 32.0 Å². The molecule has 0 radical (unpaired) electrons. The van der Waals surface area contributed by atoms with E-state index in [1.165, 1.54) is 4.90 Å². The number of carbonyl (C=O) groups is 1. The fourth-order valence-corrected chi connectivity index (χ4v) is 5.42. The van der Waals surface area contributed by atoms with Crippen LogP contribution in [0.4, 0.5) is 13.6 Å². The van der Waals surface area contributed by atoms with Gasteiger partial charge in [0.25, 0.3) is 0 Å². The Bertz CT molecular complexity index is 1180. The standard InChI is InChI=1S/C23H27F2N3O5S/c1-23(2,16-3-6-19-20(13-16)33-12-11-32-19)15-26-22(29)27-7-9-28(10-8-27)34(30,31)21-14-17(24)4-5-18(21)25/h3-6,13-14H,7-12,15H2,1-2H3,(H,26,29). The predicted octanol–water partition coefficient (Wildman–Crippen LogP) is 2.73. The van der Waals surface area contributed by atoms with Crippen LogP contribution < -0.4 is 14.8 Å². The third-order valence-electron chi connectivity index (χ3n) is 6.04. The second-order valence-corrected chi connectivity index (χ2v) is 10.8. The summed E-state index contributed by atoms with van der Waals surface area (Å²) >= 11 is 0. The largest absolute Gasteiger partial charge is 0.486 e. The number of urea groups is 1. The minimum atomic E-state index is -4.21. The van der Waals surface area contributed by atoms with Gasteiger partial charge in [0, 0.05) is 38.1 Å². The summed E-state index contributed by atoms with van der Waals surface area (Å²) in [5, 5.41) is 2.91. The fraction of sp³-hybridized carbons (Fsp3) is 0.435. The number of piperazine rings is 1. The van der Waals surface area contributed by atoms with Gasteiger partial charge in [0.1, 0.15) is 29.7 Å². The highest BCUT2D eigenvalue weighted by Crippen LogP contribution is 2.35. The zero-order chi connectivity index (χ0) is 24.5. The third kappa shape index (κ3) is 4.95. The molecular formula is C23H27F2N3O5S. The topological polar surface area (TPSA) is 88.2 Å². The van der Waals surface area contributed by atoms with E-state index >= 15 is 0 Å². The number of halogens is 2. The number of fused-ring (bicyclic) bond motifs is 1. The summed E-state index contributed by atoms with van der Waals surface area (Å²) in [6, 6.07) is 7.71. The Hall–Kier alpha value is -2.92. The van der Waals surface area contributed by atoms with Crippen molar-refractivity contribution in [2.75, 3.05) is 45.9 Å². The molecule has 0 bridgehead atoms. The van der Waals surface area contributed by atoms with Crippen molar-refractivity contribution in [3.8, 4) is 11.5 Å². The van der Waals surface area contributed by atoms with E-state index in [4.69, 9.17) is 9.47 Å². The molecule has 2 heterocycles. The number of amides is 2. The average Bonchev–Trinajstić information content (AvgIpc) is 2.83. The Balaban J connectivity index is 1.34. The first-order valence-electron chi connectivity index (χ1n) is 11.0. The summed E-state index contributed by atoms with van der Waals surface area (Å²) in [4.78, 5) is 13.5. The Labute approximate surface area is 197 Å². The lowest BCUT2D eigenvalue weighted by molar-refractivity contribution is 0.169. The van der Waals surface area contributed by atoms with Crippen LogP contribution in [0.25, 0.3) is 0 Å². The fourth-order valence-electron chi connectivity index (χ4n) is 3.92. The first-order valence-corrected chi connectivity index (χ1v) is 12.4. The minimum Gasteiger partial charge on any atom is -0.486 e. The molecule has 1 N–H and O–H groups in total. The Morgan fingerprint density at radius 1 is 1.00 bits per heavy atom. The minimum absolute atomic E-state index is 0.0166. The van der Waals surface area contributed by atoms with Crippen LogP contribution in [0.2, 0.25) is 0 Å². The molecule has 0 aromatic heterocycles. The number of sulfonamides is 1. The van der Waals surface area contributed by atoms with Gasteiger partial charge in [-0.1, -0.05) is 19.9 Å². The average molecular weight is 496 g/mol. The quantitative estimate of drug-likeness (QED) is 0.689. The molecule has 0 spiro atoms. The van der Waals surface area contributed by atoms with Crippen LogP contribution in [0.5, 0.6) is 11.5 Å². The highest BCUT2D eigenvalue weighted by atomic mass is 32.2. The third-order valence-corrected chi connectivity index (χ3v) is 7.96. The number of carbonyl (C=O) groups excluding carboxylic acids is 1. The molecule has 34 heavy (non-hydrogen) atoms. The summed E-state index contributed by atoms with van der Waals surface area (Å²) in [7, 11) is -4.21. The van der Waals surface area contributed by atoms with Gasteiger partial charge in [-0.25, -0.2) is 22.0 Å². The van der Waals surface area contributed by atoms with E-state index in [0.29, 0.717) is 37.3 Å². The lowest BCUT2D eigenvalue weighted by Crippen LogP contribution is -2.54. The van der Waals surface area contributed by atoms with Gasteiger partial charge in [-0.15, -0.1) is 0 Å². The molecule has 1 saturated heterocycles. The van der Waals surface area contributed by atoms with E-state index in [-0.39, 0.29) is 32.2 Å². The summed E-state index contributed by atoms with van der Waals surface area (Å²) in [6.07, 6.45) is 0. The van der Waals surface area contributed by atoms with E-state index in [2.05, 4.69) is 5.32 Å². The number of hydrogen-bond acceptors (Lipinski definition) is 5. The van der Waals surface area contributed by atoms with E-state index in [9.17, 15) is 22.0 Å². The zero-order valence-electron chi connectivity index (χ0n) is 19.0. The van der Waals surface area contributed by atoms with Crippen molar-refractivity contribution in [2.45, 2.75) is 24.2 Å². The van der Waals surface area contributed by atoms with Crippen molar-refractivity contribution in [3.05, 3.63) is 53.6 Å². The number of benzene rings is 2. The van der Waals surface area contributed by atoms with Crippen molar-refractivity contribution < 1.29 is 31.5 Å². The van der Waals surface area contributed by atoms with E-state index in [1.54, 1.807) is 0 Å². The van der Waals surface area contributed by atoms with Crippen LogP contribution in [-0.4, -0.2) is 69.6 Å². The van der Waals surface area contributed by atoms with Gasteiger partial charge in [-0.2, -0.15) is 4.31 Å². The second-order valence-electron chi connectivity index (χ2n) is 8.87. The van der Waals surface area contributed by atoms with Crippen LogP contribution >= 0.6 is 0 Å². The molecule has 4 rings (SSSR count). The molecule has 2 aliphatic rings. The summed E-state index contributed by atoms with van der Waals surface area (Å²) in [5.74, 6) is -0.474. The van der Waals surface area contributed by atoms with E-state index in [0.717, 1.165) is 22.0 Å². The number of nitrogens with zero attached hydrogens (tertiary/aromatic N) is 2. The summed E-state index contributed by atoms with van der Waals surface area (Å²) in [5.41, 5.74) is 0.580. The molecule has 2 aromatic carbocycles. The molecule has 0 saturated carbocycles. The van der Waals surface area contributed by atoms with Crippen LogP contribution in [0.3, 0.4) is 0 Å². The first kappa shape index (κ1) is 24.2. The monoisotopic (exact) mass is 495 g/mol. The maximum Gasteiger partial charge on any atom is 0.317 e. The highest BCUT2D eigenvalue weighted by molar-refractivity contribution is 7.89. The molecule has 0 unspecified atom stereocenters. The van der Waals surface area contributed by atoms with Crippen LogP contribution in [0.1, 0.15) is 19.4 Å². The summed E-state index contributed by atoms with van der Waals surface area (Å²) < 4.78 is 65.2. The maximum atomic E-state index is 14.0. The SMILES string of the molecule is CC(C)(CNC(=O)N1CCN(S(=O)(=O)c2cc(F)ccc2F)CC1)c1ccc2c(c1)OCCO2. The number of hydrogen-bond donors (Lipinski definition) is 1. The smallest absolute Gasteiger partial charge is 0.317 e. The Morgan fingerprint density at radius 2 is 1.68 bits per heavy atom. The van der Waals surface area contributed by atoms with Gasteiger partial charge in [0.05, 0.1) is 0 Å². The second kappa shape index (κ2) is 9.38. The molecule has 1 fully saturated rings. The van der Waals surface area contributed by atoms with Crippen LogP contribution in [-0.2, 0) is 15.4 Å². The molecule has 184 valence electrons. The van der Waals surface area contributed by atoms with Crippen molar-refractivity contribution in [1.29, 1.82) is 0 Å². The molecule has 2 amide bonds. The van der Waals surface area contributed by atoms with Gasteiger partial charge >= 0.3 is 6.03 Å². The number of ether oxygens (including phenoxy) is 2. The molecule has 2 aliphatic heterocycles. The molecule has 0 aliphatic carbocycles. The van der Waals surface area contributed by atoms with Gasteiger partial charge in [0.15, 0.2) is 11.5 Å². The van der Waals surface area contributed by atoms with E-state index in [1.807, 2.05) is 32.0 Å². The zero-order valence-corrected chi connectivity index (χ0v) is 19.8. The van der Waals surface area contributed by atoms with Crippen molar-refractivity contribution in [1.82, 2.24) is 14.5 Å². The molecule has 2 aromatic rings. The number of rotatable bonds is 5. The Kier molecular flexibility index (Phi) is 6.68. The molecular weight excluding hydrogens is 468 g/mol. The number of nitrogens with one attached hydrogen (secondary N) is 1. The lowest BCUT2D eigenvalue weighted by Gasteiger charge is -2.35. The molecule has 8 nitrogen and oxygen atoms in total. The Morgan fingerprint density at radius 3 is 2.38 bits per heavy atom. The maximum absolute atomic E-state index is 14.0. The van der Waals surface area contributed by atoms with Gasteiger partial charge in [-0.3, -0.25) is 0 Å². The van der Waals surface area contributed by atoms with Crippen LogP contribution in [0, 0.1) is 11.6 Å². The first-order chi connectivity index (χ1) is 16.1.